The van der Waals surface area contributed by atoms with Gasteiger partial charge in [-0.1, -0.05) is 53.0 Å². The fraction of sp³-hybridized carbons (Fsp3) is 0.462. The third kappa shape index (κ3) is 4.24. The lowest BCUT2D eigenvalue weighted by molar-refractivity contribution is -0.934. The van der Waals surface area contributed by atoms with Crippen molar-refractivity contribution < 1.29 is 14.4 Å². The summed E-state index contributed by atoms with van der Waals surface area (Å²) in [4.78, 5) is 13.2. The zero-order valence-corrected chi connectivity index (χ0v) is 13.0. The Balaban J connectivity index is 2.10. The van der Waals surface area contributed by atoms with Gasteiger partial charge in [0.15, 0.2) is 0 Å². The molecule has 1 fully saturated rings. The number of benzene rings is 1. The molecule has 0 aromatic heterocycles. The van der Waals surface area contributed by atoms with E-state index in [1.165, 1.54) is 0 Å². The van der Waals surface area contributed by atoms with Crippen molar-refractivity contribution in [3.8, 4) is 0 Å². The number of ether oxygens (including phenoxy) is 1. The van der Waals surface area contributed by atoms with Gasteiger partial charge in [-0.3, -0.25) is 10.1 Å². The Morgan fingerprint density at radius 3 is 2.35 bits per heavy atom. The van der Waals surface area contributed by atoms with Crippen molar-refractivity contribution >= 4 is 40.7 Å². The number of nitrogens with one attached hydrogen (secondary N) is 2. The fourth-order valence-corrected chi connectivity index (χ4v) is 2.77. The first-order chi connectivity index (χ1) is 9.48. The maximum absolute atomic E-state index is 12.2. The Morgan fingerprint density at radius 2 is 1.80 bits per heavy atom. The van der Waals surface area contributed by atoms with Crippen molar-refractivity contribution in [2.75, 3.05) is 26.3 Å². The minimum atomic E-state index is -1.57. The summed E-state index contributed by atoms with van der Waals surface area (Å²) in [6.07, 6.45) is -0.607. The highest BCUT2D eigenvalue weighted by molar-refractivity contribution is 6.68. The standard InChI is InChI=1S/C13H15Cl3N2O2/c14-13(15,16)12(18-6-8-20-9-7-18)17-11(19)10-4-2-1-3-5-10/h1-5,12H,6-9H2,(H,17,19)/p+1/t12-/m0/s1. The second kappa shape index (κ2) is 6.96. The van der Waals surface area contributed by atoms with Crippen molar-refractivity contribution in [3.63, 3.8) is 0 Å². The molecule has 0 spiro atoms. The summed E-state index contributed by atoms with van der Waals surface area (Å²) in [5, 5.41) is 2.82. The number of morpholine rings is 1. The van der Waals surface area contributed by atoms with Gasteiger partial charge in [0.1, 0.15) is 13.1 Å². The van der Waals surface area contributed by atoms with Gasteiger partial charge in [0, 0.05) is 5.56 Å². The Labute approximate surface area is 132 Å². The Hall–Kier alpha value is -0.520. The molecule has 1 aromatic carbocycles. The van der Waals surface area contributed by atoms with Crippen LogP contribution in [0, 0.1) is 0 Å². The number of carbonyl (C=O) groups excluding carboxylic acids is 1. The topological polar surface area (TPSA) is 42.8 Å². The number of quaternary nitrogens is 1. The monoisotopic (exact) mass is 337 g/mol. The van der Waals surface area contributed by atoms with Crippen LogP contribution < -0.4 is 10.2 Å². The average molecular weight is 339 g/mol. The van der Waals surface area contributed by atoms with Gasteiger partial charge in [-0.05, 0) is 12.1 Å². The van der Waals surface area contributed by atoms with Crippen LogP contribution in [0.2, 0.25) is 0 Å². The van der Waals surface area contributed by atoms with Gasteiger partial charge in [0.25, 0.3) is 9.70 Å². The minimum absolute atomic E-state index is 0.249. The number of carbonyl (C=O) groups is 1. The van der Waals surface area contributed by atoms with Crippen LogP contribution in [-0.4, -0.2) is 42.2 Å². The molecular weight excluding hydrogens is 323 g/mol. The highest BCUT2D eigenvalue weighted by atomic mass is 35.6. The van der Waals surface area contributed by atoms with E-state index in [4.69, 9.17) is 39.5 Å². The summed E-state index contributed by atoms with van der Waals surface area (Å²) in [5.41, 5.74) is 0.541. The van der Waals surface area contributed by atoms with Gasteiger partial charge < -0.3 is 9.64 Å². The zero-order chi connectivity index (χ0) is 14.6. The zero-order valence-electron chi connectivity index (χ0n) is 10.7. The van der Waals surface area contributed by atoms with Crippen molar-refractivity contribution in [3.05, 3.63) is 35.9 Å². The summed E-state index contributed by atoms with van der Waals surface area (Å²) in [7, 11) is 0. The molecule has 20 heavy (non-hydrogen) atoms. The predicted octanol–water partition coefficient (Wildman–Crippen LogP) is 1.03. The van der Waals surface area contributed by atoms with Crippen molar-refractivity contribution in [1.82, 2.24) is 5.32 Å². The first kappa shape index (κ1) is 15.9. The van der Waals surface area contributed by atoms with Crippen LogP contribution >= 0.6 is 34.8 Å². The normalized spacial score (nSPS) is 18.6. The Bertz CT molecular complexity index is 445. The molecular formula is C13H16Cl3N2O2+. The van der Waals surface area contributed by atoms with E-state index in [9.17, 15) is 4.79 Å². The maximum atomic E-state index is 12.2. The van der Waals surface area contributed by atoms with Gasteiger partial charge in [0.05, 0.1) is 13.2 Å². The van der Waals surface area contributed by atoms with Gasteiger partial charge in [0.2, 0.25) is 6.17 Å². The van der Waals surface area contributed by atoms with E-state index in [1.54, 1.807) is 24.3 Å². The number of amides is 1. The third-order valence-corrected chi connectivity index (χ3v) is 3.84. The van der Waals surface area contributed by atoms with E-state index in [2.05, 4.69) is 5.32 Å². The van der Waals surface area contributed by atoms with Crippen LogP contribution in [0.15, 0.2) is 30.3 Å². The molecule has 1 aromatic rings. The van der Waals surface area contributed by atoms with E-state index >= 15 is 0 Å². The summed E-state index contributed by atoms with van der Waals surface area (Å²) in [6.45, 7) is 2.56. The minimum Gasteiger partial charge on any atom is -0.370 e. The fourth-order valence-electron chi connectivity index (χ4n) is 2.14. The van der Waals surface area contributed by atoms with Crippen LogP contribution in [0.4, 0.5) is 0 Å². The van der Waals surface area contributed by atoms with Crippen molar-refractivity contribution in [1.29, 1.82) is 0 Å². The summed E-state index contributed by atoms with van der Waals surface area (Å²) in [6, 6.07) is 8.87. The molecule has 2 N–H and O–H groups in total. The molecule has 0 saturated carbocycles. The van der Waals surface area contributed by atoms with Gasteiger partial charge in [-0.2, -0.15) is 0 Å². The smallest absolute Gasteiger partial charge is 0.262 e. The number of alkyl halides is 3. The molecule has 0 bridgehead atoms. The molecule has 1 atom stereocenters. The van der Waals surface area contributed by atoms with Crippen LogP contribution in [0.25, 0.3) is 0 Å². The molecule has 7 heteroatoms. The molecule has 1 aliphatic rings. The first-order valence-corrected chi connectivity index (χ1v) is 7.47. The molecule has 1 saturated heterocycles. The van der Waals surface area contributed by atoms with Gasteiger partial charge in [-0.15, -0.1) is 0 Å². The molecule has 0 aliphatic carbocycles. The molecule has 1 heterocycles. The Morgan fingerprint density at radius 1 is 1.20 bits per heavy atom. The second-order valence-corrected chi connectivity index (χ2v) is 6.95. The van der Waals surface area contributed by atoms with Gasteiger partial charge in [-0.25, -0.2) is 0 Å². The van der Waals surface area contributed by atoms with E-state index in [0.29, 0.717) is 31.9 Å². The molecule has 0 unspecified atom stereocenters. The molecule has 4 nitrogen and oxygen atoms in total. The SMILES string of the molecule is O=C(N[C@@H]([NH+]1CCOCC1)C(Cl)(Cl)Cl)c1ccccc1. The summed E-state index contributed by atoms with van der Waals surface area (Å²) < 4.78 is 3.72. The van der Waals surface area contributed by atoms with E-state index in [1.807, 2.05) is 6.07 Å². The van der Waals surface area contributed by atoms with Crippen LogP contribution in [0.5, 0.6) is 0 Å². The Kier molecular flexibility index (Phi) is 5.52. The quantitative estimate of drug-likeness (QED) is 0.809. The largest absolute Gasteiger partial charge is 0.370 e. The van der Waals surface area contributed by atoms with Gasteiger partial charge >= 0.3 is 0 Å². The lowest BCUT2D eigenvalue weighted by Gasteiger charge is -2.35. The lowest BCUT2D eigenvalue weighted by atomic mass is 10.2. The third-order valence-electron chi connectivity index (χ3n) is 3.18. The number of rotatable bonds is 3. The van der Waals surface area contributed by atoms with E-state index in [0.717, 1.165) is 4.90 Å². The molecule has 2 rings (SSSR count). The number of halogens is 3. The van der Waals surface area contributed by atoms with Crippen LogP contribution in [0.1, 0.15) is 10.4 Å². The number of hydrogen-bond donors (Lipinski definition) is 2. The highest BCUT2D eigenvalue weighted by Crippen LogP contribution is 2.28. The lowest BCUT2D eigenvalue weighted by Crippen LogP contribution is -3.21. The molecule has 110 valence electrons. The van der Waals surface area contributed by atoms with E-state index < -0.39 is 9.96 Å². The van der Waals surface area contributed by atoms with E-state index in [-0.39, 0.29) is 5.91 Å². The molecule has 1 amide bonds. The first-order valence-electron chi connectivity index (χ1n) is 6.33. The second-order valence-electron chi connectivity index (χ2n) is 4.58. The maximum Gasteiger partial charge on any atom is 0.262 e. The summed E-state index contributed by atoms with van der Waals surface area (Å²) in [5.74, 6) is -0.249. The van der Waals surface area contributed by atoms with Crippen molar-refractivity contribution in [2.45, 2.75) is 9.96 Å². The average Bonchev–Trinajstić information content (AvgIpc) is 2.45. The molecule has 0 radical (unpaired) electrons. The summed E-state index contributed by atoms with van der Waals surface area (Å²) >= 11 is 18.1. The highest BCUT2D eigenvalue weighted by Gasteiger charge is 2.42. The van der Waals surface area contributed by atoms with Crippen molar-refractivity contribution in [2.24, 2.45) is 0 Å². The number of hydrogen-bond acceptors (Lipinski definition) is 2. The van der Waals surface area contributed by atoms with Crippen LogP contribution in [-0.2, 0) is 4.74 Å². The predicted molar refractivity (Wildman–Crippen MR) is 79.5 cm³/mol. The van der Waals surface area contributed by atoms with Crippen LogP contribution in [0.3, 0.4) is 0 Å². The molecule has 1 aliphatic heterocycles.